The van der Waals surface area contributed by atoms with Crippen LogP contribution in [0.4, 0.5) is 14.5 Å². The molecular weight excluding hydrogens is 286 g/mol. The van der Waals surface area contributed by atoms with E-state index in [4.69, 9.17) is 0 Å². The van der Waals surface area contributed by atoms with Crippen molar-refractivity contribution in [1.29, 1.82) is 0 Å². The van der Waals surface area contributed by atoms with Gasteiger partial charge in [-0.1, -0.05) is 19.9 Å². The van der Waals surface area contributed by atoms with Crippen molar-refractivity contribution in [2.45, 2.75) is 26.3 Å². The summed E-state index contributed by atoms with van der Waals surface area (Å²) in [6, 6.07) is 4.10. The molecule has 4 nitrogen and oxygen atoms in total. The third-order valence-corrected chi connectivity index (χ3v) is 3.68. The van der Waals surface area contributed by atoms with Crippen molar-refractivity contribution in [2.75, 3.05) is 31.6 Å². The van der Waals surface area contributed by atoms with E-state index in [-0.39, 0.29) is 11.7 Å². The van der Waals surface area contributed by atoms with E-state index in [1.807, 2.05) is 0 Å². The van der Waals surface area contributed by atoms with Crippen LogP contribution < -0.4 is 15.5 Å². The van der Waals surface area contributed by atoms with Gasteiger partial charge >= 0.3 is 0 Å². The number of benzene rings is 1. The predicted molar refractivity (Wildman–Crippen MR) is 86.3 cm³/mol. The fraction of sp³-hybridized carbons (Fsp3) is 0.562. The summed E-state index contributed by atoms with van der Waals surface area (Å²) in [5.74, 6) is 0.228. The van der Waals surface area contributed by atoms with E-state index in [1.165, 1.54) is 18.2 Å². The number of hydrogen-bond donors (Lipinski definition) is 2. The number of hydrogen-bond acceptors (Lipinski definition) is 2. The fourth-order valence-electron chi connectivity index (χ4n) is 2.56. The number of nitrogens with one attached hydrogen (secondary N) is 2. The summed E-state index contributed by atoms with van der Waals surface area (Å²) in [7, 11) is 1.72. The van der Waals surface area contributed by atoms with Gasteiger partial charge in [-0.05, 0) is 24.5 Å². The van der Waals surface area contributed by atoms with Gasteiger partial charge in [-0.2, -0.15) is 0 Å². The molecule has 1 heterocycles. The smallest absolute Gasteiger partial charge is 0.191 e. The Bertz CT molecular complexity index is 511. The van der Waals surface area contributed by atoms with Gasteiger partial charge in [0.05, 0.1) is 0 Å². The third kappa shape index (κ3) is 4.08. The molecule has 0 amide bonds. The molecule has 122 valence electrons. The van der Waals surface area contributed by atoms with Crippen LogP contribution in [0.1, 0.15) is 20.3 Å². The average molecular weight is 310 g/mol. The second kappa shape index (κ2) is 7.42. The van der Waals surface area contributed by atoms with Gasteiger partial charge in [0.15, 0.2) is 5.96 Å². The highest BCUT2D eigenvalue weighted by Crippen LogP contribution is 2.26. The monoisotopic (exact) mass is 310 g/mol. The maximum Gasteiger partial charge on any atom is 0.191 e. The summed E-state index contributed by atoms with van der Waals surface area (Å²) in [5, 5.41) is 6.56. The number of halogens is 2. The van der Waals surface area contributed by atoms with Crippen LogP contribution in [-0.2, 0) is 0 Å². The lowest BCUT2D eigenvalue weighted by molar-refractivity contribution is 0.574. The highest BCUT2D eigenvalue weighted by atomic mass is 19.1. The van der Waals surface area contributed by atoms with E-state index in [2.05, 4.69) is 29.5 Å². The van der Waals surface area contributed by atoms with Crippen molar-refractivity contribution in [3.05, 3.63) is 29.8 Å². The lowest BCUT2D eigenvalue weighted by atomic mass is 10.2. The van der Waals surface area contributed by atoms with Gasteiger partial charge in [0, 0.05) is 32.7 Å². The second-order valence-electron chi connectivity index (χ2n) is 5.99. The van der Waals surface area contributed by atoms with Crippen molar-refractivity contribution in [2.24, 2.45) is 10.9 Å². The quantitative estimate of drug-likeness (QED) is 0.662. The first-order chi connectivity index (χ1) is 10.5. The van der Waals surface area contributed by atoms with Gasteiger partial charge < -0.3 is 15.5 Å². The molecule has 0 aliphatic carbocycles. The van der Waals surface area contributed by atoms with Crippen LogP contribution in [0.5, 0.6) is 0 Å². The van der Waals surface area contributed by atoms with Crippen LogP contribution in [0, 0.1) is 17.6 Å². The van der Waals surface area contributed by atoms with Crippen molar-refractivity contribution < 1.29 is 8.78 Å². The normalized spacial score (nSPS) is 18.9. The van der Waals surface area contributed by atoms with Crippen LogP contribution in [0.25, 0.3) is 0 Å². The molecule has 1 aliphatic rings. The molecule has 0 aromatic heterocycles. The Balaban J connectivity index is 1.95. The van der Waals surface area contributed by atoms with E-state index in [0.717, 1.165) is 18.9 Å². The first kappa shape index (κ1) is 16.5. The Labute approximate surface area is 130 Å². The number of nitrogens with zero attached hydrogens (tertiary/aromatic N) is 2. The molecule has 22 heavy (non-hydrogen) atoms. The van der Waals surface area contributed by atoms with E-state index in [1.54, 1.807) is 11.9 Å². The minimum atomic E-state index is -0.511. The molecule has 1 aromatic carbocycles. The highest BCUT2D eigenvalue weighted by molar-refractivity contribution is 5.80. The minimum absolute atomic E-state index is 0.0666. The summed E-state index contributed by atoms with van der Waals surface area (Å²) in [5.41, 5.74) is 0.0666. The molecular formula is C16H24F2N4. The largest absolute Gasteiger partial charge is 0.365 e. The lowest BCUT2D eigenvalue weighted by Crippen LogP contribution is -2.45. The molecule has 1 fully saturated rings. The number of anilines is 1. The molecule has 6 heteroatoms. The Kier molecular flexibility index (Phi) is 5.57. The van der Waals surface area contributed by atoms with E-state index < -0.39 is 11.6 Å². The van der Waals surface area contributed by atoms with Gasteiger partial charge in [-0.25, -0.2) is 8.78 Å². The second-order valence-corrected chi connectivity index (χ2v) is 5.99. The van der Waals surface area contributed by atoms with Crippen LogP contribution >= 0.6 is 0 Å². The van der Waals surface area contributed by atoms with Gasteiger partial charge in [0.2, 0.25) is 0 Å². The number of aliphatic imine (C=N–C) groups is 1. The molecule has 0 radical (unpaired) electrons. The zero-order chi connectivity index (χ0) is 16.1. The standard InChI is InChI=1S/C16H24F2N4/c1-11(2)9-20-16(19-3)21-12-7-8-22(10-12)15-13(17)5-4-6-14(15)18/h4-6,11-12H,7-10H2,1-3H3,(H2,19,20,21). The van der Waals surface area contributed by atoms with E-state index in [0.29, 0.717) is 19.0 Å². The molecule has 1 unspecified atom stereocenters. The van der Waals surface area contributed by atoms with E-state index in [9.17, 15) is 8.78 Å². The lowest BCUT2D eigenvalue weighted by Gasteiger charge is -2.21. The molecule has 2 N–H and O–H groups in total. The molecule has 0 spiro atoms. The van der Waals surface area contributed by atoms with Gasteiger partial charge in [0.25, 0.3) is 0 Å². The summed E-state index contributed by atoms with van der Waals surface area (Å²) >= 11 is 0. The molecule has 0 saturated carbocycles. The molecule has 1 aliphatic heterocycles. The van der Waals surface area contributed by atoms with E-state index >= 15 is 0 Å². The minimum Gasteiger partial charge on any atom is -0.365 e. The highest BCUT2D eigenvalue weighted by Gasteiger charge is 2.27. The van der Waals surface area contributed by atoms with Gasteiger partial charge in [-0.15, -0.1) is 0 Å². The first-order valence-electron chi connectivity index (χ1n) is 7.67. The Morgan fingerprint density at radius 3 is 2.64 bits per heavy atom. The zero-order valence-corrected chi connectivity index (χ0v) is 13.4. The van der Waals surface area contributed by atoms with Crippen LogP contribution in [0.3, 0.4) is 0 Å². The van der Waals surface area contributed by atoms with Crippen molar-refractivity contribution in [3.8, 4) is 0 Å². The summed E-state index contributed by atoms with van der Waals surface area (Å²) in [6.45, 7) is 6.26. The topological polar surface area (TPSA) is 39.7 Å². The maximum absolute atomic E-state index is 13.8. The average Bonchev–Trinajstić information content (AvgIpc) is 2.91. The van der Waals surface area contributed by atoms with Crippen molar-refractivity contribution in [3.63, 3.8) is 0 Å². The van der Waals surface area contributed by atoms with Gasteiger partial charge in [-0.3, -0.25) is 4.99 Å². The van der Waals surface area contributed by atoms with Crippen LogP contribution in [0.15, 0.2) is 23.2 Å². The van der Waals surface area contributed by atoms with Crippen molar-refractivity contribution in [1.82, 2.24) is 10.6 Å². The first-order valence-corrected chi connectivity index (χ1v) is 7.67. The maximum atomic E-state index is 13.8. The van der Waals surface area contributed by atoms with Gasteiger partial charge in [0.1, 0.15) is 17.3 Å². The number of para-hydroxylation sites is 1. The molecule has 1 aromatic rings. The predicted octanol–water partition coefficient (Wildman–Crippen LogP) is 2.36. The summed E-state index contributed by atoms with van der Waals surface area (Å²) in [4.78, 5) is 5.93. The summed E-state index contributed by atoms with van der Waals surface area (Å²) < 4.78 is 27.7. The Hall–Kier alpha value is -1.85. The Morgan fingerprint density at radius 2 is 2.05 bits per heavy atom. The zero-order valence-electron chi connectivity index (χ0n) is 13.4. The third-order valence-electron chi connectivity index (χ3n) is 3.68. The number of guanidine groups is 1. The Morgan fingerprint density at radius 1 is 1.36 bits per heavy atom. The van der Waals surface area contributed by atoms with Crippen molar-refractivity contribution >= 4 is 11.6 Å². The SMILES string of the molecule is CN=C(NCC(C)C)NC1CCN(c2c(F)cccc2F)C1. The number of rotatable bonds is 4. The molecule has 1 saturated heterocycles. The van der Waals surface area contributed by atoms with Crippen LogP contribution in [-0.4, -0.2) is 38.7 Å². The van der Waals surface area contributed by atoms with Crippen LogP contribution in [0.2, 0.25) is 0 Å². The fourth-order valence-corrected chi connectivity index (χ4v) is 2.56. The molecule has 0 bridgehead atoms. The summed E-state index contributed by atoms with van der Waals surface area (Å²) in [6.07, 6.45) is 0.816. The molecule has 1 atom stereocenters. The molecule has 2 rings (SSSR count).